The van der Waals surface area contributed by atoms with E-state index in [1.807, 2.05) is 0 Å². The van der Waals surface area contributed by atoms with E-state index in [9.17, 15) is 13.9 Å². The SMILES string of the molecule is OCCCC1(O)CCN(c2nc(-c3cc(F)c(Cl)cc3F)nc3c2CSC3)CC1. The minimum atomic E-state index is -0.779. The van der Waals surface area contributed by atoms with Gasteiger partial charge >= 0.3 is 0 Å². The minimum Gasteiger partial charge on any atom is -0.396 e. The van der Waals surface area contributed by atoms with Crippen molar-refractivity contribution in [1.82, 2.24) is 9.97 Å². The first-order valence-electron chi connectivity index (χ1n) is 9.61. The lowest BCUT2D eigenvalue weighted by Crippen LogP contribution is -2.45. The first-order valence-corrected chi connectivity index (χ1v) is 11.1. The quantitative estimate of drug-likeness (QED) is 0.685. The lowest BCUT2D eigenvalue weighted by molar-refractivity contribution is 0.00248. The molecule has 2 aliphatic heterocycles. The van der Waals surface area contributed by atoms with Crippen molar-refractivity contribution < 1.29 is 19.0 Å². The molecule has 1 fully saturated rings. The number of benzene rings is 1. The highest BCUT2D eigenvalue weighted by atomic mass is 35.5. The van der Waals surface area contributed by atoms with Gasteiger partial charge in [-0.25, -0.2) is 18.7 Å². The van der Waals surface area contributed by atoms with E-state index >= 15 is 0 Å². The first kappa shape index (κ1) is 20.8. The monoisotopic (exact) mass is 441 g/mol. The number of halogens is 3. The van der Waals surface area contributed by atoms with Gasteiger partial charge in [0.1, 0.15) is 17.5 Å². The van der Waals surface area contributed by atoms with E-state index in [-0.39, 0.29) is 23.0 Å². The third-order valence-corrected chi connectivity index (χ3v) is 6.86. The predicted molar refractivity (Wildman–Crippen MR) is 110 cm³/mol. The average molecular weight is 442 g/mol. The molecular weight excluding hydrogens is 420 g/mol. The van der Waals surface area contributed by atoms with Crippen LogP contribution in [0.3, 0.4) is 0 Å². The molecule has 0 aliphatic carbocycles. The van der Waals surface area contributed by atoms with Gasteiger partial charge in [-0.2, -0.15) is 11.8 Å². The number of hydrogen-bond acceptors (Lipinski definition) is 6. The molecule has 1 aromatic carbocycles. The summed E-state index contributed by atoms with van der Waals surface area (Å²) in [6.07, 6.45) is 2.27. The zero-order valence-electron chi connectivity index (χ0n) is 15.8. The van der Waals surface area contributed by atoms with Crippen LogP contribution in [0.25, 0.3) is 11.4 Å². The summed E-state index contributed by atoms with van der Waals surface area (Å²) in [4.78, 5) is 11.2. The van der Waals surface area contributed by atoms with Crippen molar-refractivity contribution in [3.05, 3.63) is 40.0 Å². The second-order valence-corrected chi connectivity index (χ2v) is 8.97. The summed E-state index contributed by atoms with van der Waals surface area (Å²) in [6.45, 7) is 1.27. The molecule has 0 spiro atoms. The van der Waals surface area contributed by atoms with Crippen LogP contribution in [0.15, 0.2) is 12.1 Å². The number of hydrogen-bond donors (Lipinski definition) is 2. The molecular formula is C20H22ClF2N3O2S. The van der Waals surface area contributed by atoms with Crippen LogP contribution in [0.5, 0.6) is 0 Å². The van der Waals surface area contributed by atoms with Crippen molar-refractivity contribution in [3.8, 4) is 11.4 Å². The molecule has 4 rings (SSSR count). The van der Waals surface area contributed by atoms with Crippen molar-refractivity contribution in [2.24, 2.45) is 0 Å². The Morgan fingerprint density at radius 2 is 1.90 bits per heavy atom. The summed E-state index contributed by atoms with van der Waals surface area (Å²) < 4.78 is 28.4. The van der Waals surface area contributed by atoms with E-state index < -0.39 is 17.2 Å². The van der Waals surface area contributed by atoms with Crippen LogP contribution in [-0.2, 0) is 11.5 Å². The van der Waals surface area contributed by atoms with Gasteiger partial charge in [-0.1, -0.05) is 11.6 Å². The summed E-state index contributed by atoms with van der Waals surface area (Å²) in [6, 6.07) is 1.98. The molecule has 2 N–H and O–H groups in total. The van der Waals surface area contributed by atoms with E-state index in [4.69, 9.17) is 16.7 Å². The number of aromatic nitrogens is 2. The second kappa shape index (κ2) is 8.34. The number of anilines is 1. The van der Waals surface area contributed by atoms with Crippen LogP contribution >= 0.6 is 23.4 Å². The summed E-state index contributed by atoms with van der Waals surface area (Å²) in [5, 5.41) is 19.5. The first-order chi connectivity index (χ1) is 13.9. The molecule has 156 valence electrons. The number of aliphatic hydroxyl groups excluding tert-OH is 1. The van der Waals surface area contributed by atoms with E-state index in [1.165, 1.54) is 0 Å². The predicted octanol–water partition coefficient (Wildman–Crippen LogP) is 3.93. The van der Waals surface area contributed by atoms with Crippen molar-refractivity contribution >= 4 is 29.2 Å². The Morgan fingerprint density at radius 3 is 2.62 bits per heavy atom. The molecule has 0 saturated carbocycles. The highest BCUT2D eigenvalue weighted by Crippen LogP contribution is 2.39. The minimum absolute atomic E-state index is 0.00990. The fourth-order valence-electron chi connectivity index (χ4n) is 3.90. The van der Waals surface area contributed by atoms with Crippen LogP contribution in [0.4, 0.5) is 14.6 Å². The Labute approximate surface area is 177 Å². The van der Waals surface area contributed by atoms with E-state index in [0.717, 1.165) is 35.0 Å². The fraction of sp³-hybridized carbons (Fsp3) is 0.500. The molecule has 3 heterocycles. The molecule has 2 aromatic rings. The number of piperidine rings is 1. The molecule has 2 aliphatic rings. The molecule has 0 radical (unpaired) electrons. The molecule has 0 unspecified atom stereocenters. The lowest BCUT2D eigenvalue weighted by Gasteiger charge is -2.39. The van der Waals surface area contributed by atoms with Gasteiger partial charge in [-0.15, -0.1) is 0 Å². The molecule has 29 heavy (non-hydrogen) atoms. The van der Waals surface area contributed by atoms with Crippen molar-refractivity contribution in [2.45, 2.75) is 42.8 Å². The maximum atomic E-state index is 14.5. The van der Waals surface area contributed by atoms with E-state index in [1.54, 1.807) is 11.8 Å². The smallest absolute Gasteiger partial charge is 0.164 e. The summed E-state index contributed by atoms with van der Waals surface area (Å²) in [7, 11) is 0. The third kappa shape index (κ3) is 4.21. The normalized spacial score (nSPS) is 18.2. The van der Waals surface area contributed by atoms with Crippen molar-refractivity contribution in [1.29, 1.82) is 0 Å². The molecule has 1 aromatic heterocycles. The third-order valence-electron chi connectivity index (χ3n) is 5.60. The van der Waals surface area contributed by atoms with Gasteiger partial charge in [0.05, 0.1) is 21.9 Å². The molecule has 1 saturated heterocycles. The van der Waals surface area contributed by atoms with Crippen LogP contribution in [0, 0.1) is 11.6 Å². The molecule has 5 nitrogen and oxygen atoms in total. The number of nitrogens with zero attached hydrogens (tertiary/aromatic N) is 3. The lowest BCUT2D eigenvalue weighted by atomic mass is 9.87. The Kier molecular flexibility index (Phi) is 5.97. The van der Waals surface area contributed by atoms with Gasteiger partial charge < -0.3 is 15.1 Å². The van der Waals surface area contributed by atoms with Gasteiger partial charge in [0.2, 0.25) is 0 Å². The van der Waals surface area contributed by atoms with Gasteiger partial charge in [0.25, 0.3) is 0 Å². The fourth-order valence-corrected chi connectivity index (χ4v) is 5.09. The van der Waals surface area contributed by atoms with Crippen LogP contribution in [-0.4, -0.2) is 45.5 Å². The Hall–Kier alpha value is -1.48. The number of thioether (sulfide) groups is 1. The summed E-state index contributed by atoms with van der Waals surface area (Å²) in [5.74, 6) is 0.974. The van der Waals surface area contributed by atoms with E-state index in [2.05, 4.69) is 14.9 Å². The average Bonchev–Trinajstić information content (AvgIpc) is 3.18. The number of rotatable bonds is 5. The highest BCUT2D eigenvalue weighted by Gasteiger charge is 2.34. The van der Waals surface area contributed by atoms with Gasteiger partial charge in [-0.3, -0.25) is 0 Å². The molecule has 0 amide bonds. The Morgan fingerprint density at radius 1 is 1.14 bits per heavy atom. The highest BCUT2D eigenvalue weighted by molar-refractivity contribution is 7.98. The zero-order chi connectivity index (χ0) is 20.6. The van der Waals surface area contributed by atoms with E-state index in [0.29, 0.717) is 44.5 Å². The van der Waals surface area contributed by atoms with Crippen LogP contribution in [0.2, 0.25) is 5.02 Å². The Balaban J connectivity index is 1.66. The number of aliphatic hydroxyl groups is 2. The molecule has 0 bridgehead atoms. The van der Waals surface area contributed by atoms with Gasteiger partial charge in [0, 0.05) is 36.8 Å². The van der Waals surface area contributed by atoms with Gasteiger partial charge in [-0.05, 0) is 37.8 Å². The van der Waals surface area contributed by atoms with Crippen molar-refractivity contribution in [3.63, 3.8) is 0 Å². The largest absolute Gasteiger partial charge is 0.396 e. The summed E-state index contributed by atoms with van der Waals surface area (Å²) >= 11 is 7.39. The standard InChI is InChI=1S/C20H22ClF2N3O2S/c21-14-9-15(22)12(8-16(14)23)18-24-17-11-29-10-13(17)19(25-18)26-5-3-20(28,4-6-26)2-1-7-27/h8-9,27-28H,1-7,10-11H2. The van der Waals surface area contributed by atoms with Crippen LogP contribution in [0.1, 0.15) is 36.9 Å². The summed E-state index contributed by atoms with van der Waals surface area (Å²) in [5.41, 5.74) is 1.07. The second-order valence-electron chi connectivity index (χ2n) is 7.57. The maximum absolute atomic E-state index is 14.5. The zero-order valence-corrected chi connectivity index (χ0v) is 17.4. The maximum Gasteiger partial charge on any atom is 0.164 e. The van der Waals surface area contributed by atoms with Crippen LogP contribution < -0.4 is 4.90 Å². The van der Waals surface area contributed by atoms with Crippen molar-refractivity contribution in [2.75, 3.05) is 24.6 Å². The number of fused-ring (bicyclic) bond motifs is 1. The topological polar surface area (TPSA) is 69.5 Å². The molecule has 9 heteroatoms. The Bertz CT molecular complexity index is 923. The van der Waals surface area contributed by atoms with Gasteiger partial charge in [0.15, 0.2) is 5.82 Å². The molecule has 0 atom stereocenters.